The lowest BCUT2D eigenvalue weighted by Gasteiger charge is -2.29. The highest BCUT2D eigenvalue weighted by atomic mass is 16.1. The average Bonchev–Trinajstić information content (AvgIpc) is 2.39. The fourth-order valence-electron chi connectivity index (χ4n) is 2.82. The van der Waals surface area contributed by atoms with Crippen LogP contribution in [-0.2, 0) is 4.79 Å². The monoisotopic (exact) mass is 254 g/mol. The number of pyridine rings is 1. The highest BCUT2D eigenvalue weighted by molar-refractivity contribution is 5.94. The largest absolute Gasteiger partial charge is 0.369 e. The van der Waals surface area contributed by atoms with E-state index in [9.17, 15) is 4.79 Å². The Labute approximate surface area is 113 Å². The van der Waals surface area contributed by atoms with Crippen molar-refractivity contribution < 1.29 is 4.79 Å². The van der Waals surface area contributed by atoms with Crippen LogP contribution in [0, 0.1) is 13.8 Å². The highest BCUT2D eigenvalue weighted by Crippen LogP contribution is 2.29. The number of anilines is 1. The van der Waals surface area contributed by atoms with Crippen molar-refractivity contribution in [3.8, 4) is 0 Å². The van der Waals surface area contributed by atoms with Gasteiger partial charge in [0.25, 0.3) is 0 Å². The number of aromatic nitrogens is 1. The van der Waals surface area contributed by atoms with Crippen LogP contribution in [-0.4, -0.2) is 23.9 Å². The third-order valence-corrected chi connectivity index (χ3v) is 3.81. The predicted molar refractivity (Wildman–Crippen MR) is 77.7 cm³/mol. The molecule has 2 aromatic rings. The van der Waals surface area contributed by atoms with Gasteiger partial charge in [-0.25, -0.2) is 0 Å². The molecule has 19 heavy (non-hydrogen) atoms. The minimum atomic E-state index is 0.372. The number of para-hydroxylation sites is 1. The normalized spacial score (nSPS) is 16.1. The Balaban J connectivity index is 2.11. The van der Waals surface area contributed by atoms with Gasteiger partial charge in [-0.2, -0.15) is 0 Å². The Hall–Kier alpha value is -1.90. The Bertz CT molecular complexity index is 638. The lowest BCUT2D eigenvalue weighted by Crippen LogP contribution is -2.33. The van der Waals surface area contributed by atoms with E-state index in [-0.39, 0.29) is 0 Å². The Kier molecular flexibility index (Phi) is 2.97. The summed E-state index contributed by atoms with van der Waals surface area (Å²) >= 11 is 0. The number of hydrogen-bond acceptors (Lipinski definition) is 3. The van der Waals surface area contributed by atoms with Crippen LogP contribution in [0.3, 0.4) is 0 Å². The number of hydrogen-bond donors (Lipinski definition) is 0. The van der Waals surface area contributed by atoms with Crippen molar-refractivity contribution in [1.82, 2.24) is 4.98 Å². The van der Waals surface area contributed by atoms with Crippen molar-refractivity contribution in [1.29, 1.82) is 0 Å². The number of rotatable bonds is 1. The molecule has 2 heterocycles. The topological polar surface area (TPSA) is 33.2 Å². The molecule has 0 atom stereocenters. The van der Waals surface area contributed by atoms with Gasteiger partial charge in [0.05, 0.1) is 11.2 Å². The fraction of sp³-hybridized carbons (Fsp3) is 0.375. The first-order chi connectivity index (χ1) is 9.15. The third kappa shape index (κ3) is 2.21. The molecule has 0 aliphatic carbocycles. The van der Waals surface area contributed by atoms with Crippen molar-refractivity contribution in [2.45, 2.75) is 26.7 Å². The van der Waals surface area contributed by atoms with Gasteiger partial charge in [-0.05, 0) is 31.5 Å². The van der Waals surface area contributed by atoms with E-state index in [0.717, 1.165) is 30.0 Å². The second-order valence-electron chi connectivity index (χ2n) is 5.28. The molecule has 0 unspecified atom stereocenters. The Morgan fingerprint density at radius 1 is 1.16 bits per heavy atom. The minimum absolute atomic E-state index is 0.372. The van der Waals surface area contributed by atoms with Gasteiger partial charge in [0, 0.05) is 37.0 Å². The van der Waals surface area contributed by atoms with Crippen molar-refractivity contribution in [2.24, 2.45) is 0 Å². The molecule has 1 aliphatic rings. The van der Waals surface area contributed by atoms with E-state index in [0.29, 0.717) is 18.6 Å². The maximum Gasteiger partial charge on any atom is 0.136 e. The summed E-state index contributed by atoms with van der Waals surface area (Å²) in [6.07, 6.45) is 1.31. The maximum atomic E-state index is 11.4. The van der Waals surface area contributed by atoms with Crippen LogP contribution in [0.25, 0.3) is 10.9 Å². The average molecular weight is 254 g/mol. The lowest BCUT2D eigenvalue weighted by atomic mass is 10.0. The number of carbonyl (C=O) groups excluding carboxylic acids is 1. The summed E-state index contributed by atoms with van der Waals surface area (Å²) in [6, 6.07) is 8.43. The van der Waals surface area contributed by atoms with E-state index < -0.39 is 0 Å². The number of nitrogens with zero attached hydrogens (tertiary/aromatic N) is 2. The van der Waals surface area contributed by atoms with Gasteiger partial charge < -0.3 is 4.90 Å². The van der Waals surface area contributed by atoms with Crippen LogP contribution in [0.5, 0.6) is 0 Å². The van der Waals surface area contributed by atoms with Crippen LogP contribution in [0.1, 0.15) is 24.1 Å². The summed E-state index contributed by atoms with van der Waals surface area (Å²) in [7, 11) is 0. The maximum absolute atomic E-state index is 11.4. The second-order valence-corrected chi connectivity index (χ2v) is 5.28. The number of piperidine rings is 1. The standard InChI is InChI=1S/C16H18N2O/c1-11-10-12(2)17-16-14(11)4-3-5-15(16)18-8-6-13(19)7-9-18/h3-5,10H,6-9H2,1-2H3. The van der Waals surface area contributed by atoms with Gasteiger partial charge >= 0.3 is 0 Å². The Morgan fingerprint density at radius 2 is 1.89 bits per heavy atom. The zero-order chi connectivity index (χ0) is 13.4. The lowest BCUT2D eigenvalue weighted by molar-refractivity contribution is -0.119. The number of benzene rings is 1. The first-order valence-corrected chi connectivity index (χ1v) is 6.79. The van der Waals surface area contributed by atoms with Crippen LogP contribution in [0.15, 0.2) is 24.3 Å². The number of Topliss-reactive ketones (excluding diaryl/α,β-unsaturated/α-hetero) is 1. The quantitative estimate of drug-likeness (QED) is 0.784. The fourth-order valence-corrected chi connectivity index (χ4v) is 2.82. The second kappa shape index (κ2) is 4.65. The van der Waals surface area contributed by atoms with E-state index in [1.54, 1.807) is 0 Å². The molecule has 3 rings (SSSR count). The first-order valence-electron chi connectivity index (χ1n) is 6.79. The molecular weight excluding hydrogens is 236 g/mol. The van der Waals surface area contributed by atoms with Gasteiger partial charge in [0.1, 0.15) is 5.78 Å². The van der Waals surface area contributed by atoms with Crippen LogP contribution >= 0.6 is 0 Å². The molecule has 98 valence electrons. The number of fused-ring (bicyclic) bond motifs is 1. The Morgan fingerprint density at radius 3 is 2.63 bits per heavy atom. The molecule has 1 aromatic carbocycles. The van der Waals surface area contributed by atoms with E-state index in [4.69, 9.17) is 4.98 Å². The zero-order valence-electron chi connectivity index (χ0n) is 11.4. The van der Waals surface area contributed by atoms with Crippen LogP contribution in [0.4, 0.5) is 5.69 Å². The van der Waals surface area contributed by atoms with Crippen molar-refractivity contribution in [3.63, 3.8) is 0 Å². The summed E-state index contributed by atoms with van der Waals surface area (Å²) in [4.78, 5) is 18.4. The smallest absolute Gasteiger partial charge is 0.136 e. The van der Waals surface area contributed by atoms with E-state index in [1.165, 1.54) is 10.9 Å². The number of carbonyl (C=O) groups is 1. The molecule has 1 aliphatic heterocycles. The summed E-state index contributed by atoms with van der Waals surface area (Å²) in [5.41, 5.74) is 4.54. The van der Waals surface area contributed by atoms with Crippen LogP contribution < -0.4 is 4.90 Å². The molecule has 0 bridgehead atoms. The summed E-state index contributed by atoms with van der Waals surface area (Å²) in [6.45, 7) is 5.78. The van der Waals surface area contributed by atoms with E-state index in [1.807, 2.05) is 6.92 Å². The molecule has 0 N–H and O–H groups in total. The van der Waals surface area contributed by atoms with Crippen molar-refractivity contribution in [2.75, 3.05) is 18.0 Å². The molecule has 0 saturated carbocycles. The molecule has 3 heteroatoms. The van der Waals surface area contributed by atoms with E-state index >= 15 is 0 Å². The zero-order valence-corrected chi connectivity index (χ0v) is 11.4. The molecular formula is C16H18N2O. The summed E-state index contributed by atoms with van der Waals surface area (Å²) in [5.74, 6) is 0.372. The number of ketones is 1. The third-order valence-electron chi connectivity index (χ3n) is 3.81. The summed E-state index contributed by atoms with van der Waals surface area (Å²) in [5, 5.41) is 1.21. The molecule has 0 amide bonds. The molecule has 0 radical (unpaired) electrons. The molecule has 1 saturated heterocycles. The number of aryl methyl sites for hydroxylation is 2. The van der Waals surface area contributed by atoms with E-state index in [2.05, 4.69) is 36.1 Å². The minimum Gasteiger partial charge on any atom is -0.369 e. The molecule has 1 aromatic heterocycles. The first kappa shape index (κ1) is 12.2. The van der Waals surface area contributed by atoms with Gasteiger partial charge in [-0.1, -0.05) is 12.1 Å². The molecule has 3 nitrogen and oxygen atoms in total. The van der Waals surface area contributed by atoms with Gasteiger partial charge in [0.15, 0.2) is 0 Å². The molecule has 1 fully saturated rings. The van der Waals surface area contributed by atoms with Gasteiger partial charge in [-0.3, -0.25) is 9.78 Å². The van der Waals surface area contributed by atoms with Gasteiger partial charge in [0.2, 0.25) is 0 Å². The van der Waals surface area contributed by atoms with Crippen LogP contribution in [0.2, 0.25) is 0 Å². The summed E-state index contributed by atoms with van der Waals surface area (Å²) < 4.78 is 0. The predicted octanol–water partition coefficient (Wildman–Crippen LogP) is 3.02. The van der Waals surface area contributed by atoms with Gasteiger partial charge in [-0.15, -0.1) is 0 Å². The SMILES string of the molecule is Cc1cc(C)c2cccc(N3CCC(=O)CC3)c2n1. The molecule has 0 spiro atoms. The van der Waals surface area contributed by atoms with Crippen molar-refractivity contribution >= 4 is 22.4 Å². The highest BCUT2D eigenvalue weighted by Gasteiger charge is 2.18. The van der Waals surface area contributed by atoms with Crippen molar-refractivity contribution in [3.05, 3.63) is 35.5 Å².